The van der Waals surface area contributed by atoms with Crippen LogP contribution in [0.4, 0.5) is 5.69 Å². The van der Waals surface area contributed by atoms with E-state index in [9.17, 15) is 9.90 Å². The summed E-state index contributed by atoms with van der Waals surface area (Å²) in [6.45, 7) is 0. The molecule has 0 unspecified atom stereocenters. The van der Waals surface area contributed by atoms with Crippen molar-refractivity contribution in [2.75, 3.05) is 12.4 Å². The van der Waals surface area contributed by atoms with Gasteiger partial charge in [-0.1, -0.05) is 0 Å². The van der Waals surface area contributed by atoms with Crippen LogP contribution < -0.4 is 61.8 Å². The van der Waals surface area contributed by atoms with Crippen LogP contribution in [0.1, 0.15) is 9.67 Å². The van der Waals surface area contributed by atoms with Gasteiger partial charge in [-0.25, -0.2) is 0 Å². The Kier molecular flexibility index (Phi) is 5.58. The Morgan fingerprint density at radius 1 is 1.73 bits per heavy atom. The number of hydrogen-bond donors (Lipinski definition) is 1. The molecule has 3 nitrogen and oxygen atoms in total. The smallest absolute Gasteiger partial charge is 0.544 e. The zero-order valence-corrected chi connectivity index (χ0v) is 10.3. The largest absolute Gasteiger partial charge is 1.00 e. The molecule has 1 aromatic heterocycles. The molecule has 0 fully saturated rings. The molecule has 0 aliphatic carbocycles. The zero-order valence-electron chi connectivity index (χ0n) is 6.38. The molecule has 0 aliphatic heterocycles. The van der Waals surface area contributed by atoms with Crippen LogP contribution in [0.15, 0.2) is 11.4 Å². The molecule has 0 amide bonds. The molecule has 0 aliphatic rings. The maximum atomic E-state index is 10.3. The van der Waals surface area contributed by atoms with E-state index in [1.807, 2.05) is 0 Å². The molecule has 0 spiro atoms. The Bertz CT molecular complexity index is 248. The minimum atomic E-state index is -1.13. The molecule has 1 rings (SSSR count). The number of nitrogens with one attached hydrogen (secondary N) is 1. The average Bonchev–Trinajstić information content (AvgIpc) is 2.33. The van der Waals surface area contributed by atoms with Gasteiger partial charge in [0.15, 0.2) is 0 Å². The SMILES string of the molecule is CNc1ccsc1C(=O)[O-].[K+]. The van der Waals surface area contributed by atoms with Gasteiger partial charge in [-0.2, -0.15) is 0 Å². The number of carbonyl (C=O) groups is 1. The van der Waals surface area contributed by atoms with Gasteiger partial charge < -0.3 is 15.2 Å². The molecule has 1 N–H and O–H groups in total. The van der Waals surface area contributed by atoms with Gasteiger partial charge in [0.1, 0.15) is 0 Å². The molecule has 11 heavy (non-hydrogen) atoms. The number of hydrogen-bond acceptors (Lipinski definition) is 4. The summed E-state index contributed by atoms with van der Waals surface area (Å²) >= 11 is 1.16. The van der Waals surface area contributed by atoms with Crippen molar-refractivity contribution in [1.29, 1.82) is 0 Å². The van der Waals surface area contributed by atoms with E-state index in [1.165, 1.54) is 0 Å². The van der Waals surface area contributed by atoms with Crippen LogP contribution in [-0.4, -0.2) is 13.0 Å². The summed E-state index contributed by atoms with van der Waals surface area (Å²) in [7, 11) is 1.68. The number of rotatable bonds is 2. The van der Waals surface area contributed by atoms with Crippen molar-refractivity contribution in [3.8, 4) is 0 Å². The van der Waals surface area contributed by atoms with E-state index in [0.717, 1.165) is 11.3 Å². The molecule has 0 saturated heterocycles. The van der Waals surface area contributed by atoms with E-state index in [1.54, 1.807) is 18.5 Å². The van der Waals surface area contributed by atoms with Crippen LogP contribution in [0.2, 0.25) is 0 Å². The van der Waals surface area contributed by atoms with Crippen LogP contribution in [-0.2, 0) is 0 Å². The maximum absolute atomic E-state index is 10.3. The van der Waals surface area contributed by atoms with Gasteiger partial charge in [0, 0.05) is 7.05 Å². The van der Waals surface area contributed by atoms with Gasteiger partial charge in [0.25, 0.3) is 0 Å². The maximum Gasteiger partial charge on any atom is 1.00 e. The third-order valence-corrected chi connectivity index (χ3v) is 2.01. The quantitative estimate of drug-likeness (QED) is 0.517. The Labute approximate surface area is 111 Å². The van der Waals surface area contributed by atoms with Gasteiger partial charge in [-0.15, -0.1) is 11.3 Å². The fourth-order valence-electron chi connectivity index (χ4n) is 0.664. The third kappa shape index (κ3) is 2.85. The number of carboxylic acid groups (broad SMARTS) is 1. The van der Waals surface area contributed by atoms with Crippen molar-refractivity contribution >= 4 is 23.0 Å². The van der Waals surface area contributed by atoms with Crippen LogP contribution >= 0.6 is 11.3 Å². The van der Waals surface area contributed by atoms with E-state index in [-0.39, 0.29) is 56.3 Å². The Balaban J connectivity index is 0.000001000. The first kappa shape index (κ1) is 11.6. The van der Waals surface area contributed by atoms with Crippen molar-refractivity contribution in [3.63, 3.8) is 0 Å². The standard InChI is InChI=1S/C6H7NO2S.K/c1-7-4-2-3-10-5(4)6(8)9;/h2-3,7H,1H3,(H,8,9);/q;+1/p-1. The molecular weight excluding hydrogens is 189 g/mol. The van der Waals surface area contributed by atoms with Crippen molar-refractivity contribution in [2.45, 2.75) is 0 Å². The van der Waals surface area contributed by atoms with Crippen molar-refractivity contribution < 1.29 is 61.3 Å². The molecule has 0 radical (unpaired) electrons. The van der Waals surface area contributed by atoms with Crippen LogP contribution in [0.3, 0.4) is 0 Å². The van der Waals surface area contributed by atoms with E-state index in [4.69, 9.17) is 0 Å². The molecule has 1 heterocycles. The predicted octanol–water partition coefficient (Wildman–Crippen LogP) is -2.84. The summed E-state index contributed by atoms with van der Waals surface area (Å²) in [5.74, 6) is -1.13. The second-order valence-corrected chi connectivity index (χ2v) is 2.62. The summed E-state index contributed by atoms with van der Waals surface area (Å²) in [4.78, 5) is 10.6. The molecule has 54 valence electrons. The summed E-state index contributed by atoms with van der Waals surface area (Å²) in [5, 5.41) is 14.8. The van der Waals surface area contributed by atoms with Crippen molar-refractivity contribution in [1.82, 2.24) is 0 Å². The fraction of sp³-hybridized carbons (Fsp3) is 0.167. The van der Waals surface area contributed by atoms with E-state index in [2.05, 4.69) is 5.32 Å². The summed E-state index contributed by atoms with van der Waals surface area (Å²) in [6, 6.07) is 1.70. The topological polar surface area (TPSA) is 52.2 Å². The van der Waals surface area contributed by atoms with Crippen LogP contribution in [0, 0.1) is 0 Å². The minimum absolute atomic E-state index is 0. The van der Waals surface area contributed by atoms with Crippen molar-refractivity contribution in [2.24, 2.45) is 0 Å². The first-order chi connectivity index (χ1) is 4.75. The van der Waals surface area contributed by atoms with Gasteiger partial charge in [0.2, 0.25) is 0 Å². The normalized spacial score (nSPS) is 8.45. The van der Waals surface area contributed by atoms with Gasteiger partial charge in [0.05, 0.1) is 16.5 Å². The van der Waals surface area contributed by atoms with Crippen LogP contribution in [0.25, 0.3) is 0 Å². The molecule has 0 aromatic carbocycles. The van der Waals surface area contributed by atoms with E-state index < -0.39 is 5.97 Å². The van der Waals surface area contributed by atoms with Gasteiger partial charge in [-0.05, 0) is 11.4 Å². The molecule has 5 heteroatoms. The van der Waals surface area contributed by atoms with Gasteiger partial charge >= 0.3 is 51.4 Å². The first-order valence-electron chi connectivity index (χ1n) is 2.72. The fourth-order valence-corrected chi connectivity index (χ4v) is 1.40. The number of carboxylic acids is 1. The molecular formula is C6H6KNO2S. The van der Waals surface area contributed by atoms with E-state index >= 15 is 0 Å². The molecule has 0 bridgehead atoms. The zero-order chi connectivity index (χ0) is 7.56. The number of carbonyl (C=O) groups excluding carboxylic acids is 1. The average molecular weight is 195 g/mol. The number of aromatic carboxylic acids is 1. The van der Waals surface area contributed by atoms with E-state index in [0.29, 0.717) is 5.69 Å². The predicted molar refractivity (Wildman–Crippen MR) is 38.2 cm³/mol. The third-order valence-electron chi connectivity index (χ3n) is 1.12. The molecule has 1 aromatic rings. The summed E-state index contributed by atoms with van der Waals surface area (Å²) < 4.78 is 0. The first-order valence-corrected chi connectivity index (χ1v) is 3.60. The van der Waals surface area contributed by atoms with Crippen LogP contribution in [0.5, 0.6) is 0 Å². The minimum Gasteiger partial charge on any atom is -0.544 e. The monoisotopic (exact) mass is 195 g/mol. The number of anilines is 1. The summed E-state index contributed by atoms with van der Waals surface area (Å²) in [5.41, 5.74) is 0.616. The number of thiophene rings is 1. The Hall–Kier alpha value is 0.606. The molecule has 0 atom stereocenters. The van der Waals surface area contributed by atoms with Gasteiger partial charge in [-0.3, -0.25) is 0 Å². The summed E-state index contributed by atoms with van der Waals surface area (Å²) in [6.07, 6.45) is 0. The Morgan fingerprint density at radius 2 is 2.36 bits per heavy atom. The van der Waals surface area contributed by atoms with Crippen molar-refractivity contribution in [3.05, 3.63) is 16.3 Å². The molecule has 0 saturated carbocycles. The second-order valence-electron chi connectivity index (χ2n) is 1.70. The second kappa shape index (κ2) is 5.29. The Morgan fingerprint density at radius 3 is 2.73 bits per heavy atom.